The fourth-order valence-corrected chi connectivity index (χ4v) is 5.06. The zero-order chi connectivity index (χ0) is 26.7. The second-order valence-electron chi connectivity index (χ2n) is 9.97. The number of rotatable bonds is 15. The molecule has 2 heterocycles. The van der Waals surface area contributed by atoms with Crippen molar-refractivity contribution in [2.75, 3.05) is 13.1 Å². The summed E-state index contributed by atoms with van der Waals surface area (Å²) < 4.78 is 8.49. The van der Waals surface area contributed by atoms with E-state index in [1.807, 2.05) is 46.1 Å². The van der Waals surface area contributed by atoms with Crippen molar-refractivity contribution in [3.8, 4) is 0 Å². The molecule has 0 saturated heterocycles. The first-order valence-electron chi connectivity index (χ1n) is 14.1. The molecule has 8 nitrogen and oxygen atoms in total. The fourth-order valence-electron chi connectivity index (χ4n) is 5.06. The minimum absolute atomic E-state index is 0.0412. The molecule has 0 radical (unpaired) electrons. The van der Waals surface area contributed by atoms with Crippen LogP contribution in [-0.4, -0.2) is 34.0 Å². The number of unbranched alkanes of at least 4 members (excludes halogenated alkanes) is 3. The maximum Gasteiger partial charge on any atom is 0.262 e. The second-order valence-corrected chi connectivity index (χ2v) is 9.97. The standard InChI is InChI=1S/C30H40N6O2/c1-3-19-33-23-35(27-15-9-7-13-25(27)33)21-29(37)31-17-11-5-6-12-18-32-30(38)22-36-24-34(20-4-2)26-14-8-10-16-28(26)36/h7-10,13-16,23-24H,3-6,11-12,17-22H2,1-2H3/p+2. The van der Waals surface area contributed by atoms with E-state index in [2.05, 4.69) is 57.9 Å². The van der Waals surface area contributed by atoms with Crippen LogP contribution in [0.3, 0.4) is 0 Å². The first kappa shape index (κ1) is 27.4. The van der Waals surface area contributed by atoms with Crippen molar-refractivity contribution in [1.29, 1.82) is 0 Å². The van der Waals surface area contributed by atoms with Crippen molar-refractivity contribution in [2.45, 2.75) is 78.6 Å². The number of aromatic nitrogens is 4. The average Bonchev–Trinajstić information content (AvgIpc) is 3.44. The first-order chi connectivity index (χ1) is 18.6. The van der Waals surface area contributed by atoms with Crippen LogP contribution in [0.2, 0.25) is 0 Å². The van der Waals surface area contributed by atoms with Gasteiger partial charge in [-0.15, -0.1) is 0 Å². The van der Waals surface area contributed by atoms with Gasteiger partial charge in [-0.2, -0.15) is 0 Å². The van der Waals surface area contributed by atoms with E-state index in [1.165, 1.54) is 0 Å². The molecular weight excluding hydrogens is 476 g/mol. The van der Waals surface area contributed by atoms with Gasteiger partial charge >= 0.3 is 0 Å². The molecule has 2 aromatic carbocycles. The van der Waals surface area contributed by atoms with Gasteiger partial charge < -0.3 is 10.6 Å². The van der Waals surface area contributed by atoms with Gasteiger partial charge in [0.05, 0.1) is 13.1 Å². The Morgan fingerprint density at radius 1 is 0.658 bits per heavy atom. The van der Waals surface area contributed by atoms with Crippen LogP contribution >= 0.6 is 0 Å². The van der Waals surface area contributed by atoms with Crippen molar-refractivity contribution < 1.29 is 18.7 Å². The van der Waals surface area contributed by atoms with Gasteiger partial charge in [-0.25, -0.2) is 18.3 Å². The number of hydrogen-bond donors (Lipinski definition) is 2. The molecule has 0 saturated carbocycles. The number of nitrogens with zero attached hydrogens (tertiary/aromatic N) is 4. The van der Waals surface area contributed by atoms with Crippen LogP contribution in [0.15, 0.2) is 61.2 Å². The zero-order valence-corrected chi connectivity index (χ0v) is 22.9. The molecule has 202 valence electrons. The molecule has 0 aliphatic carbocycles. The number of imidazole rings is 2. The largest absolute Gasteiger partial charge is 0.353 e. The van der Waals surface area contributed by atoms with Crippen LogP contribution < -0.4 is 19.8 Å². The summed E-state index contributed by atoms with van der Waals surface area (Å²) >= 11 is 0. The number of nitrogens with one attached hydrogen (secondary N) is 2. The highest BCUT2D eigenvalue weighted by Crippen LogP contribution is 2.12. The van der Waals surface area contributed by atoms with Crippen LogP contribution in [0.4, 0.5) is 0 Å². The number of carbonyl (C=O) groups is 2. The summed E-state index contributed by atoms with van der Waals surface area (Å²) in [5.41, 5.74) is 4.50. The van der Waals surface area contributed by atoms with Crippen LogP contribution in [0.5, 0.6) is 0 Å². The van der Waals surface area contributed by atoms with Crippen molar-refractivity contribution in [3.05, 3.63) is 61.2 Å². The van der Waals surface area contributed by atoms with Crippen LogP contribution in [0.1, 0.15) is 52.4 Å². The van der Waals surface area contributed by atoms with E-state index in [9.17, 15) is 9.59 Å². The Morgan fingerprint density at radius 2 is 1.08 bits per heavy atom. The van der Waals surface area contributed by atoms with E-state index in [4.69, 9.17) is 0 Å². The molecule has 2 amide bonds. The normalized spacial score (nSPS) is 11.3. The summed E-state index contributed by atoms with van der Waals surface area (Å²) in [6.07, 6.45) is 10.1. The lowest BCUT2D eigenvalue weighted by molar-refractivity contribution is -0.659. The van der Waals surface area contributed by atoms with Crippen molar-refractivity contribution in [3.63, 3.8) is 0 Å². The summed E-state index contributed by atoms with van der Waals surface area (Å²) in [6.45, 7) is 8.22. The fraction of sp³-hybridized carbons (Fsp3) is 0.467. The highest BCUT2D eigenvalue weighted by molar-refractivity contribution is 5.77. The van der Waals surface area contributed by atoms with Gasteiger partial charge in [0.15, 0.2) is 35.2 Å². The molecule has 2 aromatic heterocycles. The van der Waals surface area contributed by atoms with Gasteiger partial charge in [-0.05, 0) is 49.9 Å². The molecule has 0 aliphatic heterocycles. The highest BCUT2D eigenvalue weighted by atomic mass is 16.2. The van der Waals surface area contributed by atoms with E-state index >= 15 is 0 Å². The Bertz CT molecular complexity index is 1250. The lowest BCUT2D eigenvalue weighted by Gasteiger charge is -2.06. The molecule has 0 fully saturated rings. The maximum atomic E-state index is 12.5. The van der Waals surface area contributed by atoms with Crippen LogP contribution in [0.25, 0.3) is 22.1 Å². The predicted octanol–water partition coefficient (Wildman–Crippen LogP) is 3.48. The van der Waals surface area contributed by atoms with Gasteiger partial charge in [-0.1, -0.05) is 51.0 Å². The van der Waals surface area contributed by atoms with Gasteiger partial charge in [-0.3, -0.25) is 9.59 Å². The Morgan fingerprint density at radius 3 is 1.50 bits per heavy atom. The topological polar surface area (TPSA) is 75.8 Å². The number of carbonyl (C=O) groups excluding carboxylic acids is 2. The summed E-state index contributed by atoms with van der Waals surface area (Å²) in [5.74, 6) is 0.0823. The van der Waals surface area contributed by atoms with Crippen molar-refractivity contribution in [1.82, 2.24) is 19.8 Å². The van der Waals surface area contributed by atoms with Gasteiger partial charge in [0.25, 0.3) is 11.8 Å². The van der Waals surface area contributed by atoms with E-state index in [0.717, 1.165) is 73.7 Å². The number of benzene rings is 2. The smallest absolute Gasteiger partial charge is 0.262 e. The molecular formula is C30H42N6O2+2. The van der Waals surface area contributed by atoms with Crippen molar-refractivity contribution >= 4 is 33.9 Å². The third kappa shape index (κ3) is 7.00. The van der Waals surface area contributed by atoms with Crippen LogP contribution in [0, 0.1) is 0 Å². The Labute approximate surface area is 225 Å². The molecule has 0 atom stereocenters. The number of para-hydroxylation sites is 4. The molecule has 0 bridgehead atoms. The predicted molar refractivity (Wildman–Crippen MR) is 149 cm³/mol. The Kier molecular flexibility index (Phi) is 9.90. The number of amides is 2. The molecule has 2 N–H and O–H groups in total. The monoisotopic (exact) mass is 518 g/mol. The maximum absolute atomic E-state index is 12.5. The van der Waals surface area contributed by atoms with Gasteiger partial charge in [0.2, 0.25) is 12.7 Å². The minimum Gasteiger partial charge on any atom is -0.353 e. The molecule has 4 aromatic rings. The minimum atomic E-state index is 0.0412. The highest BCUT2D eigenvalue weighted by Gasteiger charge is 2.18. The third-order valence-corrected chi connectivity index (χ3v) is 6.86. The molecule has 4 rings (SSSR count). The second kappa shape index (κ2) is 13.7. The van der Waals surface area contributed by atoms with E-state index in [0.29, 0.717) is 26.2 Å². The average molecular weight is 519 g/mol. The number of aryl methyl sites for hydroxylation is 2. The lowest BCUT2D eigenvalue weighted by atomic mass is 10.2. The molecule has 38 heavy (non-hydrogen) atoms. The quantitative estimate of drug-likeness (QED) is 0.187. The van der Waals surface area contributed by atoms with Gasteiger partial charge in [0.1, 0.15) is 0 Å². The lowest BCUT2D eigenvalue weighted by Crippen LogP contribution is -2.42. The summed E-state index contributed by atoms with van der Waals surface area (Å²) in [6, 6.07) is 16.4. The van der Waals surface area contributed by atoms with Crippen molar-refractivity contribution in [2.24, 2.45) is 0 Å². The summed E-state index contributed by atoms with van der Waals surface area (Å²) in [5, 5.41) is 6.11. The molecule has 0 spiro atoms. The first-order valence-corrected chi connectivity index (χ1v) is 14.1. The zero-order valence-electron chi connectivity index (χ0n) is 22.9. The van der Waals surface area contributed by atoms with Crippen LogP contribution in [-0.2, 0) is 35.8 Å². The summed E-state index contributed by atoms with van der Waals surface area (Å²) in [4.78, 5) is 25.0. The van der Waals surface area contributed by atoms with Gasteiger partial charge in [0, 0.05) is 13.1 Å². The number of hydrogen-bond acceptors (Lipinski definition) is 2. The molecule has 0 unspecified atom stereocenters. The number of fused-ring (bicyclic) bond motifs is 2. The van der Waals surface area contributed by atoms with E-state index in [-0.39, 0.29) is 11.8 Å². The molecule has 0 aliphatic rings. The molecule has 8 heteroatoms. The SMILES string of the molecule is CCCn1c[n+](CC(=O)NCCCCCCNC(=O)C[n+]2cn(CCC)c3ccccc32)c2ccccc21. The third-order valence-electron chi connectivity index (χ3n) is 6.86. The Hall–Kier alpha value is -3.68. The summed E-state index contributed by atoms with van der Waals surface area (Å²) in [7, 11) is 0. The van der Waals surface area contributed by atoms with E-state index in [1.54, 1.807) is 0 Å². The van der Waals surface area contributed by atoms with E-state index < -0.39 is 0 Å². The Balaban J connectivity index is 1.11.